The van der Waals surface area contributed by atoms with E-state index in [0.717, 1.165) is 29.7 Å². The van der Waals surface area contributed by atoms with Crippen LogP contribution in [0.1, 0.15) is 56.3 Å². The molecule has 0 spiro atoms. The van der Waals surface area contributed by atoms with Crippen LogP contribution in [0.3, 0.4) is 0 Å². The van der Waals surface area contributed by atoms with Gasteiger partial charge in [0.15, 0.2) is 5.82 Å². The van der Waals surface area contributed by atoms with Crippen LogP contribution in [0.4, 0.5) is 10.1 Å². The van der Waals surface area contributed by atoms with Gasteiger partial charge in [0, 0.05) is 0 Å². The summed E-state index contributed by atoms with van der Waals surface area (Å²) in [6.45, 7) is 4.93. The van der Waals surface area contributed by atoms with Gasteiger partial charge in [-0.1, -0.05) is 44.0 Å². The van der Waals surface area contributed by atoms with Crippen molar-refractivity contribution >= 4 is 23.1 Å². The number of hydrogen-bond acceptors (Lipinski definition) is 3. The standard InChI is InChI=1S/C23H26FNOS/c1-3-4-5-17-6-11-22(26-14-17)19-9-7-18(8-10-19)20-12-16(2)23(25-15-27)21(24)13-20/h7-10,12-13,17,22H,3-6,11,14H2,1-2H3. The summed E-state index contributed by atoms with van der Waals surface area (Å²) in [7, 11) is 0. The summed E-state index contributed by atoms with van der Waals surface area (Å²) < 4.78 is 20.4. The Morgan fingerprint density at radius 2 is 1.96 bits per heavy atom. The van der Waals surface area contributed by atoms with E-state index in [1.54, 1.807) is 0 Å². The number of isothiocyanates is 1. The molecule has 0 aromatic heterocycles. The number of hydrogen-bond donors (Lipinski definition) is 0. The molecule has 142 valence electrons. The molecule has 1 heterocycles. The number of halogens is 1. The van der Waals surface area contributed by atoms with Gasteiger partial charge in [-0.2, -0.15) is 4.99 Å². The Bertz CT molecular complexity index is 796. The fourth-order valence-electron chi connectivity index (χ4n) is 3.77. The highest BCUT2D eigenvalue weighted by molar-refractivity contribution is 7.78. The van der Waals surface area contributed by atoms with E-state index in [9.17, 15) is 4.39 Å². The second-order valence-corrected chi connectivity index (χ2v) is 7.54. The Balaban J connectivity index is 1.70. The Morgan fingerprint density at radius 1 is 1.19 bits per heavy atom. The summed E-state index contributed by atoms with van der Waals surface area (Å²) in [5.74, 6) is 0.333. The summed E-state index contributed by atoms with van der Waals surface area (Å²) in [6.07, 6.45) is 6.30. The molecule has 27 heavy (non-hydrogen) atoms. The predicted octanol–water partition coefficient (Wildman–Crippen LogP) is 7.19. The summed E-state index contributed by atoms with van der Waals surface area (Å²) in [6, 6.07) is 11.7. The molecule has 0 aliphatic carbocycles. The molecule has 0 amide bonds. The van der Waals surface area contributed by atoms with Crippen LogP contribution in [-0.2, 0) is 4.74 Å². The Hall–Kier alpha value is -1.87. The number of rotatable bonds is 6. The minimum absolute atomic E-state index is 0.176. The van der Waals surface area contributed by atoms with Crippen LogP contribution in [0.15, 0.2) is 41.4 Å². The molecule has 1 aliphatic heterocycles. The first-order valence-corrected chi connectivity index (χ1v) is 10.1. The van der Waals surface area contributed by atoms with Crippen LogP contribution >= 0.6 is 12.2 Å². The van der Waals surface area contributed by atoms with E-state index < -0.39 is 0 Å². The van der Waals surface area contributed by atoms with E-state index >= 15 is 0 Å². The fraction of sp³-hybridized carbons (Fsp3) is 0.435. The lowest BCUT2D eigenvalue weighted by atomic mass is 9.90. The molecule has 4 heteroatoms. The van der Waals surface area contributed by atoms with E-state index in [0.29, 0.717) is 5.92 Å². The molecular formula is C23H26FNOS. The van der Waals surface area contributed by atoms with Gasteiger partial charge in [0.05, 0.1) is 17.9 Å². The van der Waals surface area contributed by atoms with Gasteiger partial charge in [0.2, 0.25) is 0 Å². The third kappa shape index (κ3) is 4.90. The number of nitrogens with zero attached hydrogens (tertiary/aromatic N) is 1. The first kappa shape index (κ1) is 19.9. The molecule has 2 atom stereocenters. The van der Waals surface area contributed by atoms with E-state index in [2.05, 4.69) is 41.4 Å². The molecule has 2 nitrogen and oxygen atoms in total. The minimum atomic E-state index is -0.375. The predicted molar refractivity (Wildman–Crippen MR) is 112 cm³/mol. The lowest BCUT2D eigenvalue weighted by Crippen LogP contribution is -2.20. The largest absolute Gasteiger partial charge is 0.373 e. The number of ether oxygens (including phenoxy) is 1. The molecule has 0 bridgehead atoms. The SMILES string of the molecule is CCCCC1CCC(c2ccc(-c3cc(C)c(N=C=S)c(F)c3)cc2)OC1. The molecular weight excluding hydrogens is 357 g/mol. The van der Waals surface area contributed by atoms with Gasteiger partial charge >= 0.3 is 0 Å². The average molecular weight is 384 g/mol. The summed E-state index contributed by atoms with van der Waals surface area (Å²) in [5, 5.41) is 2.24. The zero-order chi connectivity index (χ0) is 19.2. The highest BCUT2D eigenvalue weighted by Crippen LogP contribution is 2.34. The summed E-state index contributed by atoms with van der Waals surface area (Å²) >= 11 is 4.59. The first-order chi connectivity index (χ1) is 13.1. The Morgan fingerprint density at radius 3 is 2.56 bits per heavy atom. The van der Waals surface area contributed by atoms with Gasteiger partial charge in [0.1, 0.15) is 5.69 Å². The average Bonchev–Trinajstić information content (AvgIpc) is 2.69. The third-order valence-corrected chi connectivity index (χ3v) is 5.45. The highest BCUT2D eigenvalue weighted by Gasteiger charge is 2.22. The maximum Gasteiger partial charge on any atom is 0.150 e. The van der Waals surface area contributed by atoms with Crippen molar-refractivity contribution in [3.63, 3.8) is 0 Å². The smallest absolute Gasteiger partial charge is 0.150 e. The number of thiocarbonyl (C=S) groups is 1. The van der Waals surface area contributed by atoms with Crippen LogP contribution in [0, 0.1) is 18.7 Å². The normalized spacial score (nSPS) is 19.5. The van der Waals surface area contributed by atoms with Gasteiger partial charge in [-0.05, 0) is 78.7 Å². The monoisotopic (exact) mass is 383 g/mol. The molecule has 0 saturated carbocycles. The van der Waals surface area contributed by atoms with Crippen molar-refractivity contribution in [2.45, 2.75) is 52.1 Å². The van der Waals surface area contributed by atoms with Crippen LogP contribution < -0.4 is 0 Å². The molecule has 1 saturated heterocycles. The number of aryl methyl sites for hydroxylation is 1. The van der Waals surface area contributed by atoms with Crippen molar-refractivity contribution in [2.75, 3.05) is 6.61 Å². The van der Waals surface area contributed by atoms with E-state index in [1.807, 2.05) is 25.1 Å². The number of aliphatic imine (C=N–C) groups is 1. The van der Waals surface area contributed by atoms with Crippen LogP contribution in [-0.4, -0.2) is 11.8 Å². The topological polar surface area (TPSA) is 21.6 Å². The van der Waals surface area contributed by atoms with Gasteiger partial charge < -0.3 is 4.74 Å². The molecule has 0 N–H and O–H groups in total. The quantitative estimate of drug-likeness (QED) is 0.389. The molecule has 3 rings (SSSR count). The van der Waals surface area contributed by atoms with E-state index in [1.165, 1.54) is 37.3 Å². The molecule has 1 aliphatic rings. The van der Waals surface area contributed by atoms with Crippen LogP contribution in [0.2, 0.25) is 0 Å². The zero-order valence-corrected chi connectivity index (χ0v) is 16.8. The first-order valence-electron chi connectivity index (χ1n) is 9.72. The van der Waals surface area contributed by atoms with Crippen molar-refractivity contribution < 1.29 is 9.13 Å². The maximum absolute atomic E-state index is 14.3. The summed E-state index contributed by atoms with van der Waals surface area (Å²) in [4.78, 5) is 3.81. The number of benzene rings is 2. The van der Waals surface area contributed by atoms with Crippen molar-refractivity contribution in [2.24, 2.45) is 10.9 Å². The maximum atomic E-state index is 14.3. The van der Waals surface area contributed by atoms with Crippen molar-refractivity contribution in [1.82, 2.24) is 0 Å². The second-order valence-electron chi connectivity index (χ2n) is 7.36. The van der Waals surface area contributed by atoms with Gasteiger partial charge in [-0.3, -0.25) is 0 Å². The molecule has 2 aromatic carbocycles. The third-order valence-electron chi connectivity index (χ3n) is 5.36. The van der Waals surface area contributed by atoms with Gasteiger partial charge in [0.25, 0.3) is 0 Å². The van der Waals surface area contributed by atoms with Crippen LogP contribution in [0.5, 0.6) is 0 Å². The minimum Gasteiger partial charge on any atom is -0.373 e. The van der Waals surface area contributed by atoms with Gasteiger partial charge in [-0.25, -0.2) is 4.39 Å². The molecule has 0 radical (unpaired) electrons. The Kier molecular flexibility index (Phi) is 6.89. The second kappa shape index (κ2) is 9.36. The van der Waals surface area contributed by atoms with Crippen molar-refractivity contribution in [1.29, 1.82) is 0 Å². The zero-order valence-electron chi connectivity index (χ0n) is 16.0. The van der Waals surface area contributed by atoms with Crippen molar-refractivity contribution in [3.05, 3.63) is 53.3 Å². The lowest BCUT2D eigenvalue weighted by molar-refractivity contribution is -0.0197. The van der Waals surface area contributed by atoms with Crippen molar-refractivity contribution in [3.8, 4) is 11.1 Å². The highest BCUT2D eigenvalue weighted by atomic mass is 32.1. The molecule has 1 fully saturated rings. The molecule has 2 unspecified atom stereocenters. The lowest BCUT2D eigenvalue weighted by Gasteiger charge is -2.29. The van der Waals surface area contributed by atoms with E-state index in [4.69, 9.17) is 4.74 Å². The molecule has 2 aromatic rings. The number of unbranched alkanes of at least 4 members (excludes halogenated alkanes) is 1. The summed E-state index contributed by atoms with van der Waals surface area (Å²) in [5.41, 5.74) is 4.03. The van der Waals surface area contributed by atoms with Crippen LogP contribution in [0.25, 0.3) is 11.1 Å². The van der Waals surface area contributed by atoms with Gasteiger partial charge in [-0.15, -0.1) is 0 Å². The van der Waals surface area contributed by atoms with E-state index in [-0.39, 0.29) is 17.6 Å². The fourth-order valence-corrected chi connectivity index (χ4v) is 3.86. The Labute approximate surface area is 166 Å².